The maximum absolute atomic E-state index is 12.0. The van der Waals surface area contributed by atoms with Crippen LogP contribution in [0, 0.1) is 0 Å². The third-order valence-corrected chi connectivity index (χ3v) is 6.03. The Morgan fingerprint density at radius 1 is 1.65 bits per heavy atom. The Kier molecular flexibility index (Phi) is 6.86. The van der Waals surface area contributed by atoms with Crippen molar-refractivity contribution in [1.82, 2.24) is 15.2 Å². The number of carbonyl (C=O) groups is 2. The Morgan fingerprint density at radius 3 is 3.09 bits per heavy atom. The number of carboxylic acid groups (broad SMARTS) is 1. The van der Waals surface area contributed by atoms with Crippen LogP contribution in [-0.4, -0.2) is 57.8 Å². The fourth-order valence-corrected chi connectivity index (χ4v) is 4.26. The minimum atomic E-state index is -1.00. The lowest BCUT2D eigenvalue weighted by atomic mass is 10.2. The molecule has 0 aliphatic carbocycles. The van der Waals surface area contributed by atoms with Gasteiger partial charge in [-0.2, -0.15) is 0 Å². The van der Waals surface area contributed by atoms with Crippen molar-refractivity contribution in [3.63, 3.8) is 0 Å². The van der Waals surface area contributed by atoms with Crippen LogP contribution in [0.2, 0.25) is 0 Å². The molecular formula is C15H23N3O3S2. The van der Waals surface area contributed by atoms with Crippen molar-refractivity contribution in [1.29, 1.82) is 0 Å². The Bertz CT molecular complexity index is 550. The number of nitrogens with one attached hydrogen (secondary N) is 1. The van der Waals surface area contributed by atoms with Crippen molar-refractivity contribution in [3.05, 3.63) is 11.1 Å². The van der Waals surface area contributed by atoms with E-state index >= 15 is 0 Å². The van der Waals surface area contributed by atoms with Crippen LogP contribution >= 0.6 is 23.1 Å². The van der Waals surface area contributed by atoms with Crippen LogP contribution in [0.15, 0.2) is 9.72 Å². The zero-order chi connectivity index (χ0) is 16.8. The molecule has 1 saturated heterocycles. The molecule has 2 atom stereocenters. The predicted molar refractivity (Wildman–Crippen MR) is 92.3 cm³/mol. The molecule has 0 aromatic carbocycles. The molecule has 2 N–H and O–H groups in total. The van der Waals surface area contributed by atoms with E-state index in [2.05, 4.69) is 24.1 Å². The van der Waals surface area contributed by atoms with Gasteiger partial charge in [-0.1, -0.05) is 18.7 Å². The third kappa shape index (κ3) is 5.19. The number of aromatic nitrogens is 1. The van der Waals surface area contributed by atoms with Gasteiger partial charge in [-0.05, 0) is 19.8 Å². The molecule has 1 aliphatic heterocycles. The number of likely N-dealkylation sites (tertiary alicyclic amines) is 1. The van der Waals surface area contributed by atoms with Crippen molar-refractivity contribution in [2.45, 2.75) is 49.5 Å². The standard InChI is InChI=1S/C15H23N3O3S2/c1-3-10(2)16-8-11-4-5-13(19)18(11)6-7-22-15-17-12(9-23-15)14(20)21/h9-11,16H,3-8H2,1-2H3,(H,20,21)/t10?,11-/m1/s1. The number of thiazole rings is 1. The van der Waals surface area contributed by atoms with Crippen LogP contribution in [-0.2, 0) is 4.79 Å². The van der Waals surface area contributed by atoms with Gasteiger partial charge in [0.05, 0.1) is 0 Å². The van der Waals surface area contributed by atoms with Crippen molar-refractivity contribution >= 4 is 35.0 Å². The van der Waals surface area contributed by atoms with Gasteiger partial charge < -0.3 is 15.3 Å². The molecule has 1 aliphatic rings. The fourth-order valence-electron chi connectivity index (χ4n) is 2.45. The van der Waals surface area contributed by atoms with Gasteiger partial charge in [0.25, 0.3) is 0 Å². The monoisotopic (exact) mass is 357 g/mol. The highest BCUT2D eigenvalue weighted by atomic mass is 32.2. The fraction of sp³-hybridized carbons (Fsp3) is 0.667. The summed E-state index contributed by atoms with van der Waals surface area (Å²) >= 11 is 2.84. The van der Waals surface area contributed by atoms with Gasteiger partial charge >= 0.3 is 5.97 Å². The average Bonchev–Trinajstić information content (AvgIpc) is 3.13. The van der Waals surface area contributed by atoms with Crippen LogP contribution in [0.3, 0.4) is 0 Å². The van der Waals surface area contributed by atoms with Crippen LogP contribution in [0.1, 0.15) is 43.6 Å². The Balaban J connectivity index is 1.79. The van der Waals surface area contributed by atoms with E-state index in [1.807, 2.05) is 4.90 Å². The predicted octanol–water partition coefficient (Wildman–Crippen LogP) is 2.31. The van der Waals surface area contributed by atoms with Crippen molar-refractivity contribution in [2.75, 3.05) is 18.8 Å². The molecule has 6 nitrogen and oxygen atoms in total. The topological polar surface area (TPSA) is 82.5 Å². The molecule has 1 unspecified atom stereocenters. The van der Waals surface area contributed by atoms with Gasteiger partial charge in [0, 0.05) is 42.7 Å². The normalized spacial score (nSPS) is 19.3. The van der Waals surface area contributed by atoms with E-state index in [4.69, 9.17) is 5.11 Å². The number of hydrogen-bond donors (Lipinski definition) is 2. The van der Waals surface area contributed by atoms with Gasteiger partial charge in [0.2, 0.25) is 5.91 Å². The number of thioether (sulfide) groups is 1. The second-order valence-corrected chi connectivity index (χ2v) is 7.85. The molecule has 2 rings (SSSR count). The van der Waals surface area contributed by atoms with Crippen LogP contribution < -0.4 is 5.32 Å². The summed E-state index contributed by atoms with van der Waals surface area (Å²) < 4.78 is 0.739. The van der Waals surface area contributed by atoms with Gasteiger partial charge in [-0.3, -0.25) is 4.79 Å². The van der Waals surface area contributed by atoms with E-state index < -0.39 is 5.97 Å². The first-order chi connectivity index (χ1) is 11.0. The number of rotatable bonds is 9. The van der Waals surface area contributed by atoms with Crippen molar-refractivity contribution in [2.24, 2.45) is 0 Å². The SMILES string of the molecule is CCC(C)NC[C@H]1CCC(=O)N1CCSc1nc(C(=O)O)cs1. The first-order valence-electron chi connectivity index (χ1n) is 7.85. The molecule has 1 aromatic heterocycles. The van der Waals surface area contributed by atoms with E-state index in [0.29, 0.717) is 19.0 Å². The van der Waals surface area contributed by atoms with Crippen LogP contribution in [0.25, 0.3) is 0 Å². The van der Waals surface area contributed by atoms with E-state index in [1.165, 1.54) is 23.1 Å². The number of carboxylic acids is 1. The summed E-state index contributed by atoms with van der Waals surface area (Å²) in [6.45, 7) is 5.81. The second kappa shape index (κ2) is 8.65. The van der Waals surface area contributed by atoms with Crippen LogP contribution in [0.4, 0.5) is 0 Å². The maximum atomic E-state index is 12.0. The van der Waals surface area contributed by atoms with E-state index in [-0.39, 0.29) is 17.6 Å². The molecule has 2 heterocycles. The minimum Gasteiger partial charge on any atom is -0.476 e. The summed E-state index contributed by atoms with van der Waals surface area (Å²) in [4.78, 5) is 28.8. The summed E-state index contributed by atoms with van der Waals surface area (Å²) in [5.74, 6) is -0.0519. The summed E-state index contributed by atoms with van der Waals surface area (Å²) in [6.07, 6.45) is 2.61. The Morgan fingerprint density at radius 2 is 2.43 bits per heavy atom. The molecule has 0 spiro atoms. The van der Waals surface area contributed by atoms with Gasteiger partial charge in [0.1, 0.15) is 0 Å². The lowest BCUT2D eigenvalue weighted by molar-refractivity contribution is -0.128. The summed E-state index contributed by atoms with van der Waals surface area (Å²) in [6, 6.07) is 0.731. The summed E-state index contributed by atoms with van der Waals surface area (Å²) in [5, 5.41) is 13.9. The summed E-state index contributed by atoms with van der Waals surface area (Å²) in [7, 11) is 0. The van der Waals surface area contributed by atoms with Gasteiger partial charge in [-0.15, -0.1) is 11.3 Å². The smallest absolute Gasteiger partial charge is 0.355 e. The highest BCUT2D eigenvalue weighted by Crippen LogP contribution is 2.24. The third-order valence-electron chi connectivity index (χ3n) is 4.03. The average molecular weight is 358 g/mol. The van der Waals surface area contributed by atoms with E-state index in [9.17, 15) is 9.59 Å². The zero-order valence-corrected chi connectivity index (χ0v) is 15.1. The largest absolute Gasteiger partial charge is 0.476 e. The lowest BCUT2D eigenvalue weighted by Crippen LogP contribution is -2.43. The summed E-state index contributed by atoms with van der Waals surface area (Å²) in [5.41, 5.74) is 0.0883. The van der Waals surface area contributed by atoms with Gasteiger partial charge in [-0.25, -0.2) is 9.78 Å². The van der Waals surface area contributed by atoms with E-state index in [0.717, 1.165) is 29.5 Å². The van der Waals surface area contributed by atoms with Crippen molar-refractivity contribution < 1.29 is 14.7 Å². The Hall–Kier alpha value is -1.12. The quantitative estimate of drug-likeness (QED) is 0.660. The minimum absolute atomic E-state index is 0.0883. The van der Waals surface area contributed by atoms with Crippen molar-refractivity contribution in [3.8, 4) is 0 Å². The number of amides is 1. The molecule has 128 valence electrons. The molecule has 1 fully saturated rings. The number of hydrogen-bond acceptors (Lipinski definition) is 6. The highest BCUT2D eigenvalue weighted by Gasteiger charge is 2.30. The lowest BCUT2D eigenvalue weighted by Gasteiger charge is -2.26. The number of aromatic carboxylic acids is 1. The molecule has 1 aromatic rings. The zero-order valence-electron chi connectivity index (χ0n) is 13.4. The first kappa shape index (κ1) is 18.2. The molecule has 0 saturated carbocycles. The molecule has 8 heteroatoms. The Labute approximate surface area is 144 Å². The molecule has 1 amide bonds. The highest BCUT2D eigenvalue weighted by molar-refractivity contribution is 8.01. The van der Waals surface area contributed by atoms with Crippen LogP contribution in [0.5, 0.6) is 0 Å². The molecular weight excluding hydrogens is 334 g/mol. The van der Waals surface area contributed by atoms with Gasteiger partial charge in [0.15, 0.2) is 10.0 Å². The second-order valence-electron chi connectivity index (χ2n) is 5.65. The number of carbonyl (C=O) groups excluding carboxylic acids is 1. The number of nitrogens with zero attached hydrogens (tertiary/aromatic N) is 2. The van der Waals surface area contributed by atoms with E-state index in [1.54, 1.807) is 5.38 Å². The maximum Gasteiger partial charge on any atom is 0.355 e. The molecule has 23 heavy (non-hydrogen) atoms. The molecule has 0 bridgehead atoms. The molecule has 0 radical (unpaired) electrons. The first-order valence-corrected chi connectivity index (χ1v) is 9.72.